The summed E-state index contributed by atoms with van der Waals surface area (Å²) < 4.78 is 10.2. The summed E-state index contributed by atoms with van der Waals surface area (Å²) in [7, 11) is 1.64. The van der Waals surface area contributed by atoms with E-state index in [0.717, 1.165) is 0 Å². The minimum Gasteiger partial charge on any atom is -0.384 e. The molecule has 100 valence electrons. The van der Waals surface area contributed by atoms with E-state index in [4.69, 9.17) is 9.26 Å². The zero-order chi connectivity index (χ0) is 13.1. The van der Waals surface area contributed by atoms with Gasteiger partial charge in [0.15, 0.2) is 5.82 Å². The van der Waals surface area contributed by atoms with Crippen molar-refractivity contribution in [1.29, 1.82) is 0 Å². The van der Waals surface area contributed by atoms with Crippen molar-refractivity contribution in [2.45, 2.75) is 38.6 Å². The Balaban J connectivity index is 2.00. The monoisotopic (exact) mass is 253 g/mol. The molecule has 6 nitrogen and oxygen atoms in total. The highest BCUT2D eigenvalue weighted by Crippen LogP contribution is 2.28. The molecule has 2 heterocycles. The van der Waals surface area contributed by atoms with Gasteiger partial charge in [-0.05, 0) is 13.8 Å². The summed E-state index contributed by atoms with van der Waals surface area (Å²) in [6.45, 7) is 5.26. The molecule has 0 aromatic carbocycles. The molecule has 1 atom stereocenters. The van der Waals surface area contributed by atoms with Crippen LogP contribution < -0.4 is 0 Å². The molecule has 0 N–H and O–H groups in total. The number of hydrogen-bond donors (Lipinski definition) is 0. The number of hydrogen-bond acceptors (Lipinski definition) is 5. The normalized spacial score (nSPS) is 20.1. The Morgan fingerprint density at radius 1 is 1.56 bits per heavy atom. The zero-order valence-corrected chi connectivity index (χ0v) is 11.0. The average Bonchev–Trinajstić information content (AvgIpc) is 2.92. The Morgan fingerprint density at radius 2 is 2.33 bits per heavy atom. The third-order valence-electron chi connectivity index (χ3n) is 3.14. The topological polar surface area (TPSA) is 68.5 Å². The summed E-state index contributed by atoms with van der Waals surface area (Å²) in [6.07, 6.45) is 1.10. The summed E-state index contributed by atoms with van der Waals surface area (Å²) >= 11 is 0. The lowest BCUT2D eigenvalue weighted by molar-refractivity contribution is -0.129. The van der Waals surface area contributed by atoms with Crippen LogP contribution in [0.3, 0.4) is 0 Å². The number of amides is 1. The molecule has 1 amide bonds. The van der Waals surface area contributed by atoms with Crippen molar-refractivity contribution in [3.8, 4) is 0 Å². The van der Waals surface area contributed by atoms with Gasteiger partial charge in [-0.15, -0.1) is 0 Å². The van der Waals surface area contributed by atoms with E-state index in [-0.39, 0.29) is 17.9 Å². The molecule has 0 unspecified atom stereocenters. The van der Waals surface area contributed by atoms with E-state index in [1.54, 1.807) is 7.11 Å². The van der Waals surface area contributed by atoms with Crippen molar-refractivity contribution in [2.75, 3.05) is 20.3 Å². The number of rotatable bonds is 5. The van der Waals surface area contributed by atoms with E-state index in [9.17, 15) is 4.79 Å². The van der Waals surface area contributed by atoms with Crippen LogP contribution >= 0.6 is 0 Å². The summed E-state index contributed by atoms with van der Waals surface area (Å²) in [4.78, 5) is 18.0. The van der Waals surface area contributed by atoms with E-state index in [1.807, 2.05) is 18.7 Å². The Bertz CT molecular complexity index is 416. The van der Waals surface area contributed by atoms with Crippen molar-refractivity contribution in [3.05, 3.63) is 11.7 Å². The number of nitrogens with zero attached hydrogens (tertiary/aromatic N) is 3. The Morgan fingerprint density at radius 3 is 2.94 bits per heavy atom. The summed E-state index contributed by atoms with van der Waals surface area (Å²) in [5, 5.41) is 3.90. The molecule has 1 aromatic heterocycles. The standard InChI is InChI=1S/C12H19N3O3/c1-8(2)15-7-9(6-11(15)16)12-13-10(14-18-12)4-5-17-3/h8-9H,4-7H2,1-3H3/t9-/m0/s1. The molecule has 2 rings (SSSR count). The second kappa shape index (κ2) is 5.48. The maximum Gasteiger partial charge on any atom is 0.232 e. The van der Waals surface area contributed by atoms with Crippen molar-refractivity contribution in [1.82, 2.24) is 15.0 Å². The van der Waals surface area contributed by atoms with Crippen molar-refractivity contribution in [3.63, 3.8) is 0 Å². The lowest BCUT2D eigenvalue weighted by Gasteiger charge is -2.20. The molecule has 0 bridgehead atoms. The van der Waals surface area contributed by atoms with Gasteiger partial charge in [-0.1, -0.05) is 5.16 Å². The molecule has 1 fully saturated rings. The first kappa shape index (κ1) is 13.0. The molecule has 1 aliphatic rings. The van der Waals surface area contributed by atoms with Gasteiger partial charge in [0, 0.05) is 32.5 Å². The van der Waals surface area contributed by atoms with Crippen LogP contribution in [-0.2, 0) is 16.0 Å². The number of carbonyl (C=O) groups is 1. The minimum atomic E-state index is 0.0312. The van der Waals surface area contributed by atoms with E-state index >= 15 is 0 Å². The quantitative estimate of drug-likeness (QED) is 0.782. The first-order valence-corrected chi connectivity index (χ1v) is 6.22. The molecule has 18 heavy (non-hydrogen) atoms. The van der Waals surface area contributed by atoms with Crippen LogP contribution in [0.25, 0.3) is 0 Å². The number of aromatic nitrogens is 2. The maximum atomic E-state index is 11.8. The highest BCUT2D eigenvalue weighted by atomic mass is 16.5. The van der Waals surface area contributed by atoms with Crippen LogP contribution in [0.15, 0.2) is 4.52 Å². The predicted molar refractivity (Wildman–Crippen MR) is 64.1 cm³/mol. The number of ether oxygens (including phenoxy) is 1. The van der Waals surface area contributed by atoms with Crippen LogP contribution in [0.5, 0.6) is 0 Å². The molecule has 1 aliphatic heterocycles. The zero-order valence-electron chi connectivity index (χ0n) is 11.0. The number of likely N-dealkylation sites (tertiary alicyclic amines) is 1. The Labute approximate surface area is 106 Å². The van der Waals surface area contributed by atoms with Gasteiger partial charge >= 0.3 is 0 Å². The van der Waals surface area contributed by atoms with Gasteiger partial charge in [-0.3, -0.25) is 4.79 Å². The first-order chi connectivity index (χ1) is 8.61. The lowest BCUT2D eigenvalue weighted by Crippen LogP contribution is -2.31. The smallest absolute Gasteiger partial charge is 0.232 e. The fourth-order valence-corrected chi connectivity index (χ4v) is 2.12. The van der Waals surface area contributed by atoms with Gasteiger partial charge in [0.05, 0.1) is 12.5 Å². The SMILES string of the molecule is COCCc1noc([C@H]2CC(=O)N(C(C)C)C2)n1. The summed E-state index contributed by atoms with van der Waals surface area (Å²) in [5.74, 6) is 1.40. The molecular weight excluding hydrogens is 234 g/mol. The predicted octanol–water partition coefficient (Wildman–Crippen LogP) is 0.983. The van der Waals surface area contributed by atoms with Gasteiger partial charge in [-0.2, -0.15) is 4.98 Å². The third kappa shape index (κ3) is 2.69. The Kier molecular flexibility index (Phi) is 3.96. The van der Waals surface area contributed by atoms with Crippen LogP contribution in [0.4, 0.5) is 0 Å². The van der Waals surface area contributed by atoms with Crippen LogP contribution in [0.2, 0.25) is 0 Å². The van der Waals surface area contributed by atoms with E-state index in [0.29, 0.717) is 37.7 Å². The van der Waals surface area contributed by atoms with Crippen LogP contribution in [0, 0.1) is 0 Å². The second-order valence-electron chi connectivity index (χ2n) is 4.83. The van der Waals surface area contributed by atoms with E-state index in [2.05, 4.69) is 10.1 Å². The summed E-state index contributed by atoms with van der Waals surface area (Å²) in [6, 6.07) is 0.221. The van der Waals surface area contributed by atoms with Crippen molar-refractivity contribution in [2.24, 2.45) is 0 Å². The lowest BCUT2D eigenvalue weighted by atomic mass is 10.1. The van der Waals surface area contributed by atoms with Gasteiger partial charge in [-0.25, -0.2) is 0 Å². The number of carbonyl (C=O) groups excluding carboxylic acids is 1. The van der Waals surface area contributed by atoms with Crippen molar-refractivity contribution < 1.29 is 14.1 Å². The van der Waals surface area contributed by atoms with Gasteiger partial charge in [0.25, 0.3) is 0 Å². The van der Waals surface area contributed by atoms with Crippen LogP contribution in [0.1, 0.15) is 37.9 Å². The molecule has 6 heteroatoms. The molecule has 0 saturated carbocycles. The summed E-state index contributed by atoms with van der Waals surface area (Å²) in [5.41, 5.74) is 0. The highest BCUT2D eigenvalue weighted by molar-refractivity contribution is 5.79. The van der Waals surface area contributed by atoms with Crippen LogP contribution in [-0.4, -0.2) is 47.3 Å². The van der Waals surface area contributed by atoms with Crippen molar-refractivity contribution >= 4 is 5.91 Å². The molecule has 1 aromatic rings. The molecular formula is C12H19N3O3. The minimum absolute atomic E-state index is 0.0312. The van der Waals surface area contributed by atoms with E-state index < -0.39 is 0 Å². The van der Waals surface area contributed by atoms with Gasteiger partial charge in [0.2, 0.25) is 11.8 Å². The second-order valence-corrected chi connectivity index (χ2v) is 4.83. The Hall–Kier alpha value is -1.43. The number of methoxy groups -OCH3 is 1. The largest absolute Gasteiger partial charge is 0.384 e. The van der Waals surface area contributed by atoms with E-state index in [1.165, 1.54) is 0 Å². The maximum absolute atomic E-state index is 11.8. The molecule has 0 radical (unpaired) electrons. The highest BCUT2D eigenvalue weighted by Gasteiger charge is 2.35. The molecule has 0 spiro atoms. The fraction of sp³-hybridized carbons (Fsp3) is 0.750. The molecule has 1 saturated heterocycles. The third-order valence-corrected chi connectivity index (χ3v) is 3.14. The average molecular weight is 253 g/mol. The first-order valence-electron chi connectivity index (χ1n) is 6.22. The van der Waals surface area contributed by atoms with Gasteiger partial charge in [0.1, 0.15) is 0 Å². The molecule has 0 aliphatic carbocycles. The fourth-order valence-electron chi connectivity index (χ4n) is 2.12. The van der Waals surface area contributed by atoms with Gasteiger partial charge < -0.3 is 14.2 Å².